The number of hydrogen-bond donors (Lipinski definition) is 1. The van der Waals surface area contributed by atoms with Crippen LogP contribution in [0.15, 0.2) is 12.1 Å². The van der Waals surface area contributed by atoms with Gasteiger partial charge in [-0.2, -0.15) is 11.8 Å². The lowest BCUT2D eigenvalue weighted by Gasteiger charge is -2.11. The van der Waals surface area contributed by atoms with Gasteiger partial charge in [-0.25, -0.2) is 0 Å². The standard InChI is InChI=1S/C14H21NO2S2/c1-17-14(16)8-12-5-6-13(19-12)9-15-10-3-4-11(7-10)18-2/h5-6,10-11,15H,3-4,7-9H2,1-2H3. The Hall–Kier alpha value is -0.520. The molecule has 1 saturated carbocycles. The molecule has 0 aromatic carbocycles. The fourth-order valence-corrected chi connectivity index (χ4v) is 4.16. The SMILES string of the molecule is COC(=O)Cc1ccc(CNC2CCC(SC)C2)s1. The van der Waals surface area contributed by atoms with Crippen molar-refractivity contribution in [2.24, 2.45) is 0 Å². The third kappa shape index (κ3) is 4.51. The minimum Gasteiger partial charge on any atom is -0.469 e. The molecule has 1 fully saturated rings. The molecule has 3 nitrogen and oxygen atoms in total. The normalized spacial score (nSPS) is 22.6. The number of nitrogens with one attached hydrogen (secondary N) is 1. The maximum atomic E-state index is 11.2. The van der Waals surface area contributed by atoms with Crippen LogP contribution in [0.25, 0.3) is 0 Å². The molecule has 1 aliphatic carbocycles. The molecule has 1 aromatic heterocycles. The first-order valence-electron chi connectivity index (χ1n) is 6.62. The minimum absolute atomic E-state index is 0.167. The first-order valence-corrected chi connectivity index (χ1v) is 8.72. The molecule has 0 aliphatic heterocycles. The summed E-state index contributed by atoms with van der Waals surface area (Å²) >= 11 is 3.68. The maximum absolute atomic E-state index is 11.2. The molecule has 0 radical (unpaired) electrons. The van der Waals surface area contributed by atoms with Gasteiger partial charge in [-0.3, -0.25) is 4.79 Å². The predicted octanol–water partition coefficient (Wildman–Crippen LogP) is 2.84. The van der Waals surface area contributed by atoms with E-state index in [0.717, 1.165) is 16.7 Å². The Bertz CT molecular complexity index is 419. The molecule has 2 unspecified atom stereocenters. The highest BCUT2D eigenvalue weighted by molar-refractivity contribution is 7.99. The zero-order chi connectivity index (χ0) is 13.7. The number of carbonyl (C=O) groups excluding carboxylic acids is 1. The van der Waals surface area contributed by atoms with Crippen molar-refractivity contribution in [2.45, 2.75) is 43.5 Å². The number of thioether (sulfide) groups is 1. The van der Waals surface area contributed by atoms with Gasteiger partial charge in [-0.05, 0) is 37.7 Å². The molecule has 0 spiro atoms. The van der Waals surface area contributed by atoms with Crippen LogP contribution in [0.4, 0.5) is 0 Å². The number of carbonyl (C=O) groups is 1. The van der Waals surface area contributed by atoms with Gasteiger partial charge in [0.1, 0.15) is 0 Å². The van der Waals surface area contributed by atoms with Gasteiger partial charge in [0, 0.05) is 27.6 Å². The van der Waals surface area contributed by atoms with Crippen LogP contribution in [0.5, 0.6) is 0 Å². The molecule has 0 amide bonds. The Morgan fingerprint density at radius 1 is 1.47 bits per heavy atom. The zero-order valence-corrected chi connectivity index (χ0v) is 13.1. The summed E-state index contributed by atoms with van der Waals surface area (Å²) in [5.74, 6) is -0.167. The number of rotatable bonds is 6. The second-order valence-electron chi connectivity index (χ2n) is 4.87. The van der Waals surface area contributed by atoms with Crippen LogP contribution < -0.4 is 5.32 Å². The van der Waals surface area contributed by atoms with Crippen molar-refractivity contribution in [1.82, 2.24) is 5.32 Å². The summed E-state index contributed by atoms with van der Waals surface area (Å²) in [4.78, 5) is 13.6. The molecular weight excluding hydrogens is 278 g/mol. The highest BCUT2D eigenvalue weighted by atomic mass is 32.2. The molecule has 2 atom stereocenters. The van der Waals surface area contributed by atoms with Crippen LogP contribution in [0.3, 0.4) is 0 Å². The molecule has 106 valence electrons. The van der Waals surface area contributed by atoms with Gasteiger partial charge in [-0.15, -0.1) is 11.3 Å². The average molecular weight is 299 g/mol. The third-order valence-corrected chi connectivity index (χ3v) is 5.73. The summed E-state index contributed by atoms with van der Waals surface area (Å²) in [6.07, 6.45) is 6.48. The van der Waals surface area contributed by atoms with Crippen LogP contribution in [0, 0.1) is 0 Å². The summed E-state index contributed by atoms with van der Waals surface area (Å²) in [6.45, 7) is 0.914. The number of thiophene rings is 1. The van der Waals surface area contributed by atoms with E-state index in [1.165, 1.54) is 31.2 Å². The van der Waals surface area contributed by atoms with Crippen molar-refractivity contribution in [1.29, 1.82) is 0 Å². The monoisotopic (exact) mass is 299 g/mol. The lowest BCUT2D eigenvalue weighted by atomic mass is 10.2. The Morgan fingerprint density at radius 2 is 2.26 bits per heavy atom. The van der Waals surface area contributed by atoms with Crippen molar-refractivity contribution < 1.29 is 9.53 Å². The van der Waals surface area contributed by atoms with E-state index in [2.05, 4.69) is 22.4 Å². The van der Waals surface area contributed by atoms with E-state index < -0.39 is 0 Å². The zero-order valence-electron chi connectivity index (χ0n) is 11.5. The van der Waals surface area contributed by atoms with E-state index >= 15 is 0 Å². The van der Waals surface area contributed by atoms with E-state index in [1.54, 1.807) is 11.3 Å². The van der Waals surface area contributed by atoms with Gasteiger partial charge in [-0.1, -0.05) is 0 Å². The molecule has 19 heavy (non-hydrogen) atoms. The Kier molecular flexibility index (Phi) is 5.73. The quantitative estimate of drug-likeness (QED) is 0.820. The average Bonchev–Trinajstić information content (AvgIpc) is 3.05. The summed E-state index contributed by atoms with van der Waals surface area (Å²) in [6, 6.07) is 4.79. The van der Waals surface area contributed by atoms with Crippen LogP contribution in [-0.4, -0.2) is 30.6 Å². The first kappa shape index (κ1) is 14.9. The molecule has 5 heteroatoms. The molecule has 0 bridgehead atoms. The molecule has 0 saturated heterocycles. The Balaban J connectivity index is 1.76. The number of esters is 1. The molecular formula is C14H21NO2S2. The van der Waals surface area contributed by atoms with E-state index in [0.29, 0.717) is 12.5 Å². The van der Waals surface area contributed by atoms with Crippen molar-refractivity contribution >= 4 is 29.1 Å². The van der Waals surface area contributed by atoms with Crippen molar-refractivity contribution in [3.8, 4) is 0 Å². The molecule has 1 aliphatic rings. The van der Waals surface area contributed by atoms with E-state index in [4.69, 9.17) is 0 Å². The summed E-state index contributed by atoms with van der Waals surface area (Å²) in [5.41, 5.74) is 0. The number of methoxy groups -OCH3 is 1. The second-order valence-corrected chi connectivity index (χ2v) is 7.26. The Labute approximate surface area is 123 Å². The molecule has 1 aromatic rings. The van der Waals surface area contributed by atoms with Gasteiger partial charge in [0.05, 0.1) is 13.5 Å². The lowest BCUT2D eigenvalue weighted by Crippen LogP contribution is -2.25. The maximum Gasteiger partial charge on any atom is 0.310 e. The fraction of sp³-hybridized carbons (Fsp3) is 0.643. The minimum atomic E-state index is -0.167. The lowest BCUT2D eigenvalue weighted by molar-refractivity contribution is -0.139. The van der Waals surface area contributed by atoms with Crippen molar-refractivity contribution in [3.05, 3.63) is 21.9 Å². The van der Waals surface area contributed by atoms with Gasteiger partial charge >= 0.3 is 5.97 Å². The van der Waals surface area contributed by atoms with Crippen LogP contribution >= 0.6 is 23.1 Å². The summed E-state index contributed by atoms with van der Waals surface area (Å²) < 4.78 is 4.68. The molecule has 1 N–H and O–H groups in total. The highest BCUT2D eigenvalue weighted by Crippen LogP contribution is 2.28. The fourth-order valence-electron chi connectivity index (χ4n) is 2.41. The smallest absolute Gasteiger partial charge is 0.310 e. The summed E-state index contributed by atoms with van der Waals surface area (Å²) in [7, 11) is 1.43. The molecule has 1 heterocycles. The Morgan fingerprint density at radius 3 is 2.95 bits per heavy atom. The van der Waals surface area contributed by atoms with Crippen molar-refractivity contribution in [2.75, 3.05) is 13.4 Å². The van der Waals surface area contributed by atoms with Crippen molar-refractivity contribution in [3.63, 3.8) is 0 Å². The van der Waals surface area contributed by atoms with E-state index in [9.17, 15) is 4.79 Å². The number of hydrogen-bond acceptors (Lipinski definition) is 5. The van der Waals surface area contributed by atoms with Gasteiger partial charge in [0.2, 0.25) is 0 Å². The van der Waals surface area contributed by atoms with Crippen LogP contribution in [0.2, 0.25) is 0 Å². The topological polar surface area (TPSA) is 38.3 Å². The molecule has 2 rings (SSSR count). The van der Waals surface area contributed by atoms with Gasteiger partial charge in [0.15, 0.2) is 0 Å². The number of ether oxygens (including phenoxy) is 1. The predicted molar refractivity (Wildman–Crippen MR) is 81.8 cm³/mol. The van der Waals surface area contributed by atoms with Gasteiger partial charge in [0.25, 0.3) is 0 Å². The van der Waals surface area contributed by atoms with E-state index in [-0.39, 0.29) is 5.97 Å². The van der Waals surface area contributed by atoms with Crippen LogP contribution in [0.1, 0.15) is 29.0 Å². The van der Waals surface area contributed by atoms with E-state index in [1.807, 2.05) is 17.8 Å². The highest BCUT2D eigenvalue weighted by Gasteiger charge is 2.23. The summed E-state index contributed by atoms with van der Waals surface area (Å²) in [5, 5.41) is 4.45. The van der Waals surface area contributed by atoms with Gasteiger partial charge < -0.3 is 10.1 Å². The second kappa shape index (κ2) is 7.31. The first-order chi connectivity index (χ1) is 9.21. The third-order valence-electron chi connectivity index (χ3n) is 3.55. The largest absolute Gasteiger partial charge is 0.469 e. The van der Waals surface area contributed by atoms with Crippen LogP contribution in [-0.2, 0) is 22.5 Å².